The molecule has 2 heterocycles. The molecule has 5 nitrogen and oxygen atoms in total. The van der Waals surface area contributed by atoms with Crippen LogP contribution in [0.15, 0.2) is 24.3 Å². The number of nitrogens with one attached hydrogen (secondary N) is 1. The summed E-state index contributed by atoms with van der Waals surface area (Å²) in [5.74, 6) is 1.95. The van der Waals surface area contributed by atoms with Crippen molar-refractivity contribution in [1.82, 2.24) is 14.7 Å². The number of benzene rings is 1. The van der Waals surface area contributed by atoms with E-state index in [4.69, 9.17) is 4.98 Å². The number of phenolic OH excluding ortho intramolecular Hbond substituents is 1. The molecule has 1 unspecified atom stereocenters. The van der Waals surface area contributed by atoms with Gasteiger partial charge in [-0.1, -0.05) is 25.0 Å². The monoisotopic (exact) mass is 330 g/mol. The number of hydrogen-bond acceptors (Lipinski definition) is 6. The highest BCUT2D eigenvalue weighted by molar-refractivity contribution is 7.09. The Morgan fingerprint density at radius 3 is 2.74 bits per heavy atom. The van der Waals surface area contributed by atoms with Crippen LogP contribution in [0.3, 0.4) is 0 Å². The predicted molar refractivity (Wildman–Crippen MR) is 92.2 cm³/mol. The summed E-state index contributed by atoms with van der Waals surface area (Å²) in [6, 6.07) is 7.74. The van der Waals surface area contributed by atoms with Crippen LogP contribution in [0.5, 0.6) is 5.75 Å². The number of hydrogen-bond donors (Lipinski definition) is 2. The Hall–Kier alpha value is -1.66. The minimum absolute atomic E-state index is 0.267. The number of rotatable bonds is 3. The highest BCUT2D eigenvalue weighted by Crippen LogP contribution is 2.34. The summed E-state index contributed by atoms with van der Waals surface area (Å²) in [4.78, 5) is 7.16. The van der Waals surface area contributed by atoms with Crippen molar-refractivity contribution in [2.24, 2.45) is 0 Å². The summed E-state index contributed by atoms with van der Waals surface area (Å²) in [6.07, 6.45) is 5.12. The summed E-state index contributed by atoms with van der Waals surface area (Å²) in [7, 11) is 0. The van der Waals surface area contributed by atoms with E-state index in [1.807, 2.05) is 12.1 Å². The second kappa shape index (κ2) is 6.45. The maximum atomic E-state index is 9.44. The lowest BCUT2D eigenvalue weighted by atomic mass is 10.0. The fraction of sp³-hybridized carbons (Fsp3) is 0.529. The third-order valence-electron chi connectivity index (χ3n) is 4.89. The van der Waals surface area contributed by atoms with E-state index in [1.165, 1.54) is 42.8 Å². The lowest BCUT2D eigenvalue weighted by Crippen LogP contribution is -2.45. The molecule has 6 heteroatoms. The third kappa shape index (κ3) is 3.19. The van der Waals surface area contributed by atoms with Gasteiger partial charge in [-0.25, -0.2) is 4.98 Å². The van der Waals surface area contributed by atoms with Gasteiger partial charge in [0.1, 0.15) is 11.6 Å². The van der Waals surface area contributed by atoms with Crippen LogP contribution in [0.4, 0.5) is 5.13 Å². The molecule has 1 aliphatic heterocycles. The van der Waals surface area contributed by atoms with Crippen molar-refractivity contribution in [3.63, 3.8) is 0 Å². The lowest BCUT2D eigenvalue weighted by molar-refractivity contribution is 0.464. The smallest absolute Gasteiger partial charge is 0.205 e. The van der Waals surface area contributed by atoms with Crippen molar-refractivity contribution in [2.45, 2.75) is 37.6 Å². The van der Waals surface area contributed by atoms with Crippen LogP contribution in [0.25, 0.3) is 0 Å². The van der Waals surface area contributed by atoms with Gasteiger partial charge in [-0.2, -0.15) is 4.37 Å². The van der Waals surface area contributed by atoms with E-state index in [-0.39, 0.29) is 6.04 Å². The molecule has 4 rings (SSSR count). The molecule has 0 spiro atoms. The van der Waals surface area contributed by atoms with Gasteiger partial charge in [0.05, 0.1) is 0 Å². The van der Waals surface area contributed by atoms with Gasteiger partial charge in [0.15, 0.2) is 0 Å². The molecule has 0 radical (unpaired) electrons. The minimum atomic E-state index is 0.267. The van der Waals surface area contributed by atoms with E-state index >= 15 is 0 Å². The van der Waals surface area contributed by atoms with Gasteiger partial charge in [0.25, 0.3) is 0 Å². The van der Waals surface area contributed by atoms with Gasteiger partial charge in [-0.3, -0.25) is 0 Å². The fourth-order valence-corrected chi connectivity index (χ4v) is 4.34. The number of phenols is 1. The highest BCUT2D eigenvalue weighted by atomic mass is 32.1. The van der Waals surface area contributed by atoms with E-state index in [1.54, 1.807) is 12.1 Å². The first-order valence-electron chi connectivity index (χ1n) is 8.40. The molecule has 122 valence electrons. The third-order valence-corrected chi connectivity index (χ3v) is 5.68. The first-order chi connectivity index (χ1) is 11.3. The van der Waals surface area contributed by atoms with Crippen LogP contribution in [0.2, 0.25) is 0 Å². The van der Waals surface area contributed by atoms with E-state index in [9.17, 15) is 5.11 Å². The molecule has 1 aromatic heterocycles. The molecule has 2 aliphatic rings. The number of aromatic hydroxyl groups is 1. The number of anilines is 1. The first-order valence-corrected chi connectivity index (χ1v) is 9.18. The molecule has 1 atom stereocenters. The van der Waals surface area contributed by atoms with Crippen LogP contribution >= 0.6 is 11.5 Å². The van der Waals surface area contributed by atoms with Crippen molar-refractivity contribution in [3.8, 4) is 5.75 Å². The maximum absolute atomic E-state index is 9.44. The van der Waals surface area contributed by atoms with Crippen LogP contribution in [-0.4, -0.2) is 34.1 Å². The van der Waals surface area contributed by atoms with Crippen LogP contribution in [0, 0.1) is 0 Å². The summed E-state index contributed by atoms with van der Waals surface area (Å²) >= 11 is 1.54. The second-order valence-electron chi connectivity index (χ2n) is 6.46. The normalized spacial score (nSPS) is 22.6. The quantitative estimate of drug-likeness (QED) is 0.906. The van der Waals surface area contributed by atoms with E-state index < -0.39 is 0 Å². The summed E-state index contributed by atoms with van der Waals surface area (Å²) < 4.78 is 4.62. The number of nitrogens with zero attached hydrogens (tertiary/aromatic N) is 3. The van der Waals surface area contributed by atoms with E-state index in [0.29, 0.717) is 11.7 Å². The number of piperazine rings is 1. The lowest BCUT2D eigenvalue weighted by Gasteiger charge is -2.33. The molecule has 23 heavy (non-hydrogen) atoms. The zero-order valence-electron chi connectivity index (χ0n) is 13.1. The van der Waals surface area contributed by atoms with Gasteiger partial charge < -0.3 is 15.3 Å². The Morgan fingerprint density at radius 2 is 1.96 bits per heavy atom. The van der Waals surface area contributed by atoms with Gasteiger partial charge in [-0.05, 0) is 30.5 Å². The molecule has 0 amide bonds. The van der Waals surface area contributed by atoms with Gasteiger partial charge >= 0.3 is 0 Å². The molecule has 0 bridgehead atoms. The SMILES string of the molecule is Oc1ccc(C2CN(c3nc(C4CCCC4)ns3)CCN2)cc1. The van der Waals surface area contributed by atoms with Crippen LogP contribution in [-0.2, 0) is 0 Å². The Labute approximate surface area is 140 Å². The Balaban J connectivity index is 1.47. The molecular weight excluding hydrogens is 308 g/mol. The van der Waals surface area contributed by atoms with Gasteiger partial charge in [0.2, 0.25) is 5.13 Å². The summed E-state index contributed by atoms with van der Waals surface area (Å²) in [5, 5.41) is 14.0. The zero-order chi connectivity index (χ0) is 15.6. The fourth-order valence-electron chi connectivity index (χ4n) is 3.56. The average molecular weight is 330 g/mol. The van der Waals surface area contributed by atoms with Crippen molar-refractivity contribution in [2.75, 3.05) is 24.5 Å². The van der Waals surface area contributed by atoms with E-state index in [2.05, 4.69) is 14.6 Å². The topological polar surface area (TPSA) is 61.3 Å². The van der Waals surface area contributed by atoms with Gasteiger partial charge in [0, 0.05) is 43.1 Å². The Kier molecular flexibility index (Phi) is 4.18. The standard InChI is InChI=1S/C17H22N4OS/c22-14-7-5-12(6-8-14)15-11-21(10-9-18-15)17-19-16(20-23-17)13-3-1-2-4-13/h5-8,13,15,18,22H,1-4,9-11H2. The largest absolute Gasteiger partial charge is 0.508 e. The zero-order valence-corrected chi connectivity index (χ0v) is 13.9. The summed E-state index contributed by atoms with van der Waals surface area (Å²) in [5.41, 5.74) is 1.20. The molecule has 1 aliphatic carbocycles. The van der Waals surface area contributed by atoms with Crippen molar-refractivity contribution >= 4 is 16.7 Å². The molecule has 2 N–H and O–H groups in total. The molecular formula is C17H22N4OS. The van der Waals surface area contributed by atoms with Crippen molar-refractivity contribution in [3.05, 3.63) is 35.7 Å². The minimum Gasteiger partial charge on any atom is -0.508 e. The molecule has 1 aromatic carbocycles. The maximum Gasteiger partial charge on any atom is 0.205 e. The molecule has 2 aromatic rings. The Bertz CT molecular complexity index is 651. The summed E-state index contributed by atoms with van der Waals surface area (Å²) in [6.45, 7) is 2.79. The Morgan fingerprint density at radius 1 is 1.17 bits per heavy atom. The van der Waals surface area contributed by atoms with Crippen LogP contribution in [0.1, 0.15) is 49.0 Å². The molecule has 1 saturated heterocycles. The van der Waals surface area contributed by atoms with Crippen molar-refractivity contribution < 1.29 is 5.11 Å². The van der Waals surface area contributed by atoms with E-state index in [0.717, 1.165) is 30.6 Å². The van der Waals surface area contributed by atoms with Gasteiger partial charge in [-0.15, -0.1) is 0 Å². The second-order valence-corrected chi connectivity index (χ2v) is 7.19. The predicted octanol–water partition coefficient (Wildman–Crippen LogP) is 3.05. The average Bonchev–Trinajstić information content (AvgIpc) is 3.27. The molecule has 2 fully saturated rings. The van der Waals surface area contributed by atoms with Crippen LogP contribution < -0.4 is 10.2 Å². The highest BCUT2D eigenvalue weighted by Gasteiger charge is 2.26. The number of aromatic nitrogens is 2. The molecule has 1 saturated carbocycles. The first kappa shape index (κ1) is 14.9. The van der Waals surface area contributed by atoms with Crippen molar-refractivity contribution in [1.29, 1.82) is 0 Å².